The normalized spacial score (nSPS) is 13.8. The number of aliphatic imine (C=N–C) groups is 1. The van der Waals surface area contributed by atoms with Crippen LogP contribution in [0.2, 0.25) is 0 Å². The minimum Gasteiger partial charge on any atom is -0.481 e. The number of pyridine rings is 2. The van der Waals surface area contributed by atoms with E-state index in [2.05, 4.69) is 211 Å². The number of nitrogens with zero attached hydrogens (tertiary/aromatic N) is 15. The lowest BCUT2D eigenvalue weighted by Gasteiger charge is -2.42. The highest BCUT2D eigenvalue weighted by Crippen LogP contribution is 2.50. The van der Waals surface area contributed by atoms with Crippen molar-refractivity contribution in [2.45, 2.75) is 44.7 Å². The Kier molecular flexibility index (Phi) is 21.1. The number of aromatic nitrogens is 4. The van der Waals surface area contributed by atoms with Crippen LogP contribution in [0.1, 0.15) is 72.2 Å². The third-order valence-electron chi connectivity index (χ3n) is 10.1. The topological polar surface area (TPSA) is 245 Å². The molecule has 6 heterocycles. The van der Waals surface area contributed by atoms with Gasteiger partial charge in [-0.15, -0.1) is 17.8 Å². The van der Waals surface area contributed by atoms with Crippen LogP contribution in [0.3, 0.4) is 0 Å². The highest BCUT2D eigenvalue weighted by molar-refractivity contribution is 6.11. The molecule has 72 heavy (non-hydrogen) atoms. The number of nitroso groups, excluding NO2 is 1. The number of nitrogens with two attached hydrogens (primary N) is 1. The number of ether oxygens (including phenoxy) is 1. The van der Waals surface area contributed by atoms with Crippen LogP contribution in [0, 0.1) is 171 Å². The Balaban J connectivity index is -0.000000152. The Morgan fingerprint density at radius 3 is 1.82 bits per heavy atom. The van der Waals surface area contributed by atoms with Gasteiger partial charge in [-0.2, -0.15) is 5.53 Å². The monoisotopic (exact) mass is 966 g/mol. The fraction of sp³-hybridized carbons (Fsp3) is 0.226. The summed E-state index contributed by atoms with van der Waals surface area (Å²) in [6.45, 7) is 3.32. The second-order valence-corrected chi connectivity index (χ2v) is 14.0. The summed E-state index contributed by atoms with van der Waals surface area (Å²) in [6, 6.07) is 8.13. The Morgan fingerprint density at radius 1 is 0.722 bits per heavy atom. The zero-order valence-corrected chi connectivity index (χ0v) is 38.2. The SMILES string of the molecule is C#CC#CC#CC#CC#CC#CC#CC#CC#CC#CC#CC#CC#C.COc1ccc2c(n1)[C@@H](N)C1(CCN(c3cnc4c(n3)CN=C4N3CCCc4ncccc43)CC1)C2.N=N/N=N/N=N/N=N/N=O.[HH].[HH].[HH].[HH].[HH].[HH].[HH].[HH].[HH].[HH].[HH].[HH].[HH]. The summed E-state index contributed by atoms with van der Waals surface area (Å²) >= 11 is 0. The summed E-state index contributed by atoms with van der Waals surface area (Å²) < 4.78 is 5.33. The summed E-state index contributed by atoms with van der Waals surface area (Å²) in [6.07, 6.45) is 18.7. The highest BCUT2D eigenvalue weighted by Gasteiger charge is 2.47. The Hall–Kier alpha value is -11.3. The van der Waals surface area contributed by atoms with Gasteiger partial charge in [0.25, 0.3) is 0 Å². The lowest BCUT2D eigenvalue weighted by atomic mass is 9.73. The first kappa shape index (κ1) is 51.7. The summed E-state index contributed by atoms with van der Waals surface area (Å²) in [5, 5.41) is 20.8. The second kappa shape index (κ2) is 29.4. The van der Waals surface area contributed by atoms with Gasteiger partial charge in [0.15, 0.2) is 5.84 Å². The predicted octanol–water partition coefficient (Wildman–Crippen LogP) is 8.12. The second-order valence-electron chi connectivity index (χ2n) is 14.0. The maximum atomic E-state index is 9.18. The van der Waals surface area contributed by atoms with Gasteiger partial charge in [-0.3, -0.25) is 9.98 Å². The maximum Gasteiger partial charge on any atom is 0.213 e. The van der Waals surface area contributed by atoms with Gasteiger partial charge in [0, 0.05) is 113 Å². The largest absolute Gasteiger partial charge is 0.481 e. The third-order valence-corrected chi connectivity index (χ3v) is 10.1. The molecule has 1 atom stereocenters. The summed E-state index contributed by atoms with van der Waals surface area (Å²) in [7, 11) is 1.65. The number of piperidine rings is 1. The molecule has 3 N–H and O–H groups in total. The van der Waals surface area contributed by atoms with Gasteiger partial charge in [-0.25, -0.2) is 15.0 Å². The quantitative estimate of drug-likeness (QED) is 0.105. The molecule has 1 saturated heterocycles. The summed E-state index contributed by atoms with van der Waals surface area (Å²) in [4.78, 5) is 37.8. The third kappa shape index (κ3) is 15.7. The number of hydrogen-bond donors (Lipinski definition) is 2. The molecule has 1 aliphatic carbocycles. The molecule has 368 valence electrons. The van der Waals surface area contributed by atoms with E-state index >= 15 is 0 Å². The number of fused-ring (bicyclic) bond motifs is 3. The molecule has 0 amide bonds. The van der Waals surface area contributed by atoms with Gasteiger partial charge in [-0.05, 0) is 171 Å². The van der Waals surface area contributed by atoms with E-state index in [1.807, 2.05) is 29.8 Å². The van der Waals surface area contributed by atoms with Gasteiger partial charge < -0.3 is 20.3 Å². The van der Waals surface area contributed by atoms with Crippen molar-refractivity contribution in [2.75, 3.05) is 36.5 Å². The predicted molar refractivity (Wildman–Crippen MR) is 294 cm³/mol. The standard InChI is InChI=1S/C27H30N8O.C26H2.HN9O.13H2/c1-36-22-7-6-17-14-27(25(28)23(17)33-22)8-12-34(13-9-27)21-16-30-24-19(32-21)15-31-26(24)35-11-3-4-18-20(35)5-2-10-29-18;1-3-5-7-9-11-13-15-17-19-21-23-25-26-24-22-20-18-16-14-12-10-8-6-4-2;1-2-3-4-5-6-7-8-9-10;;;;;;;;;;;;;/h2,5-7,10,16,25H,3-4,8-9,11-15,28H2,1H3;1-2H;1H;13*1H/b;;2-1?,4-3+,6-5+,8-7+;;;;;;;;;;;;;/t25-;;;;;;;;;;;;;;;/m1.............../s1. The van der Waals surface area contributed by atoms with Crippen LogP contribution >= 0.6 is 0 Å². The van der Waals surface area contributed by atoms with Gasteiger partial charge in [0.2, 0.25) is 5.88 Å². The maximum absolute atomic E-state index is 9.18. The average molecular weight is 966 g/mol. The molecule has 1 spiro atoms. The van der Waals surface area contributed by atoms with Crippen molar-refractivity contribution in [2.24, 2.45) is 58.0 Å². The molecule has 0 radical (unpaired) electrons. The first-order valence-corrected chi connectivity index (χ1v) is 20.9. The number of amidine groups is 1. The van der Waals surface area contributed by atoms with Crippen molar-refractivity contribution in [3.8, 4) is 161 Å². The number of aryl methyl sites for hydroxylation is 1. The fourth-order valence-corrected chi connectivity index (χ4v) is 7.19. The molecule has 19 heteroatoms. The molecule has 0 unspecified atom stereocenters. The average Bonchev–Trinajstić information content (AvgIpc) is 3.96. The molecule has 4 aliphatic rings. The van der Waals surface area contributed by atoms with Gasteiger partial charge in [-0.1, -0.05) is 6.07 Å². The van der Waals surface area contributed by atoms with Gasteiger partial charge in [0.05, 0.1) is 48.7 Å². The van der Waals surface area contributed by atoms with Crippen molar-refractivity contribution in [1.29, 1.82) is 5.53 Å². The van der Waals surface area contributed by atoms with Crippen molar-refractivity contribution in [3.63, 3.8) is 0 Å². The zero-order chi connectivity index (χ0) is 50.9. The van der Waals surface area contributed by atoms with E-state index in [0.29, 0.717) is 12.4 Å². The number of hydrogen-bond acceptors (Lipinski definition) is 11. The number of anilines is 2. The Labute approximate surface area is 435 Å². The molecule has 3 aromatic heterocycles. The van der Waals surface area contributed by atoms with Crippen LogP contribution in [-0.2, 0) is 19.4 Å². The van der Waals surface area contributed by atoms with E-state index in [4.69, 9.17) is 43.8 Å². The molecular weight excluding hydrogens is 907 g/mol. The lowest BCUT2D eigenvalue weighted by molar-refractivity contribution is 0.185. The molecule has 19 nitrogen and oxygen atoms in total. The molecule has 0 saturated carbocycles. The number of terminal acetylenes is 2. The zero-order valence-electron chi connectivity index (χ0n) is 38.2. The summed E-state index contributed by atoms with van der Waals surface area (Å²) in [5.74, 6) is 60.7. The molecule has 1 fully saturated rings. The number of nitrogens with one attached hydrogen (secondary N) is 1. The van der Waals surface area contributed by atoms with Crippen molar-refractivity contribution in [3.05, 3.63) is 69.9 Å². The molecule has 3 aliphatic heterocycles. The van der Waals surface area contributed by atoms with E-state index < -0.39 is 0 Å². The molecule has 0 bridgehead atoms. The first-order chi connectivity index (χ1) is 35.5. The van der Waals surface area contributed by atoms with E-state index in [1.54, 1.807) is 7.11 Å². The van der Waals surface area contributed by atoms with E-state index in [-0.39, 0.29) is 30.0 Å². The van der Waals surface area contributed by atoms with Crippen molar-refractivity contribution >= 4 is 17.3 Å². The van der Waals surface area contributed by atoms with E-state index in [0.717, 1.165) is 91.9 Å². The van der Waals surface area contributed by atoms with Crippen LogP contribution in [-0.4, -0.2) is 52.5 Å². The highest BCUT2D eigenvalue weighted by atomic mass is 16.5. The van der Waals surface area contributed by atoms with Crippen LogP contribution < -0.4 is 20.3 Å². The van der Waals surface area contributed by atoms with Crippen LogP contribution in [0.5, 0.6) is 5.88 Å². The minimum atomic E-state index is -0.0614. The van der Waals surface area contributed by atoms with Crippen molar-refractivity contribution < 1.29 is 23.3 Å². The van der Waals surface area contributed by atoms with Crippen LogP contribution in [0.25, 0.3) is 0 Å². The van der Waals surface area contributed by atoms with Crippen molar-refractivity contribution in [1.82, 2.24) is 19.9 Å². The lowest BCUT2D eigenvalue weighted by Crippen LogP contribution is -2.44. The molecular formula is C53H59N17O2. The Morgan fingerprint density at radius 2 is 1.28 bits per heavy atom. The number of rotatable bonds is 6. The summed E-state index contributed by atoms with van der Waals surface area (Å²) in [5.41, 5.74) is 19.3. The van der Waals surface area contributed by atoms with Gasteiger partial charge >= 0.3 is 0 Å². The van der Waals surface area contributed by atoms with Crippen LogP contribution in [0.4, 0.5) is 11.5 Å². The van der Waals surface area contributed by atoms with E-state index in [9.17, 15) is 4.91 Å². The van der Waals surface area contributed by atoms with Gasteiger partial charge in [0.1, 0.15) is 16.8 Å². The number of methoxy groups -OCH3 is 1. The fourth-order valence-electron chi connectivity index (χ4n) is 7.19. The van der Waals surface area contributed by atoms with E-state index in [1.165, 1.54) is 5.56 Å². The molecule has 0 aromatic carbocycles. The smallest absolute Gasteiger partial charge is 0.213 e. The minimum absolute atomic E-state index is 0. The van der Waals surface area contributed by atoms with Crippen LogP contribution in [0.15, 0.2) is 83.5 Å². The molecule has 7 rings (SSSR count). The Bertz CT molecular complexity index is 3460. The molecule has 3 aromatic rings. The first-order valence-electron chi connectivity index (χ1n) is 20.9.